The summed E-state index contributed by atoms with van der Waals surface area (Å²) in [5, 5.41) is 22.1. The molecule has 0 saturated heterocycles. The molecule has 2 aromatic rings. The second kappa shape index (κ2) is 5.76. The second-order valence-corrected chi connectivity index (χ2v) is 5.33. The summed E-state index contributed by atoms with van der Waals surface area (Å²) in [4.78, 5) is 23.4. The van der Waals surface area contributed by atoms with Gasteiger partial charge in [0.05, 0.1) is 23.3 Å². The first-order valence-corrected chi connectivity index (χ1v) is 7.08. The van der Waals surface area contributed by atoms with Gasteiger partial charge in [-0.1, -0.05) is 12.1 Å². The van der Waals surface area contributed by atoms with Gasteiger partial charge in [-0.25, -0.2) is 9.42 Å². The molecular formula is C15H14N4O5. The van der Waals surface area contributed by atoms with E-state index in [1.54, 1.807) is 32.0 Å². The van der Waals surface area contributed by atoms with Crippen LogP contribution in [0.2, 0.25) is 0 Å². The Hall–Kier alpha value is -3.23. The number of aromatic nitrogens is 2. The Morgan fingerprint density at radius 2 is 2.08 bits per heavy atom. The van der Waals surface area contributed by atoms with E-state index in [4.69, 9.17) is 9.37 Å². The molecule has 2 heterocycles. The zero-order valence-electron chi connectivity index (χ0n) is 13.2. The van der Waals surface area contributed by atoms with Crippen LogP contribution < -0.4 is 5.32 Å². The van der Waals surface area contributed by atoms with Crippen LogP contribution in [0.1, 0.15) is 25.3 Å². The molecule has 1 aromatic heterocycles. The molecular weight excluding hydrogens is 316 g/mol. The molecule has 9 nitrogen and oxygen atoms in total. The van der Waals surface area contributed by atoms with E-state index in [1.807, 2.05) is 0 Å². The fourth-order valence-electron chi connectivity index (χ4n) is 2.97. The zero-order chi connectivity index (χ0) is 17.4. The third-order valence-corrected chi connectivity index (χ3v) is 3.96. The Morgan fingerprint density at radius 3 is 2.75 bits per heavy atom. The number of hydrogen-bond acceptors (Lipinski definition) is 8. The molecule has 124 valence electrons. The maximum Gasteiger partial charge on any atom is 0.336 e. The highest BCUT2D eigenvalue weighted by Gasteiger charge is 2.42. The highest BCUT2D eigenvalue weighted by Crippen LogP contribution is 2.40. The van der Waals surface area contributed by atoms with E-state index in [0.29, 0.717) is 28.0 Å². The van der Waals surface area contributed by atoms with E-state index in [9.17, 15) is 14.9 Å². The summed E-state index contributed by atoms with van der Waals surface area (Å²) in [6.45, 7) is 3.25. The van der Waals surface area contributed by atoms with Crippen molar-refractivity contribution in [3.63, 3.8) is 0 Å². The maximum atomic E-state index is 12.3. The van der Waals surface area contributed by atoms with Crippen molar-refractivity contribution in [3.8, 4) is 0 Å². The summed E-state index contributed by atoms with van der Waals surface area (Å²) in [7, 11) is 1.23. The van der Waals surface area contributed by atoms with Gasteiger partial charge in [-0.05, 0) is 30.2 Å². The quantitative estimate of drug-likeness (QED) is 0.514. The molecule has 0 amide bonds. The summed E-state index contributed by atoms with van der Waals surface area (Å²) in [5.74, 6) is -1.59. The Morgan fingerprint density at radius 1 is 1.33 bits per heavy atom. The van der Waals surface area contributed by atoms with Crippen LogP contribution in [-0.2, 0) is 9.53 Å². The van der Waals surface area contributed by atoms with E-state index in [1.165, 1.54) is 7.11 Å². The molecule has 1 atom stereocenters. The van der Waals surface area contributed by atoms with Crippen molar-refractivity contribution < 1.29 is 19.1 Å². The van der Waals surface area contributed by atoms with Crippen molar-refractivity contribution in [1.82, 2.24) is 15.6 Å². The first kappa shape index (κ1) is 15.7. The number of dihydropyridines is 1. The van der Waals surface area contributed by atoms with Crippen molar-refractivity contribution in [1.29, 1.82) is 0 Å². The number of benzene rings is 1. The lowest BCUT2D eigenvalue weighted by atomic mass is 9.83. The fourth-order valence-corrected chi connectivity index (χ4v) is 2.97. The van der Waals surface area contributed by atoms with Crippen molar-refractivity contribution >= 4 is 17.0 Å². The van der Waals surface area contributed by atoms with Crippen LogP contribution in [0.15, 0.2) is 45.5 Å². The molecule has 0 unspecified atom stereocenters. The first-order valence-electron chi connectivity index (χ1n) is 7.08. The van der Waals surface area contributed by atoms with Gasteiger partial charge in [0.15, 0.2) is 0 Å². The number of nitrogens with one attached hydrogen (secondary N) is 1. The monoisotopic (exact) mass is 330 g/mol. The largest absolute Gasteiger partial charge is 0.466 e. The average molecular weight is 330 g/mol. The van der Waals surface area contributed by atoms with Crippen LogP contribution in [0.3, 0.4) is 0 Å². The molecule has 0 radical (unpaired) electrons. The minimum atomic E-state index is -0.940. The molecule has 24 heavy (non-hydrogen) atoms. The molecule has 0 saturated carbocycles. The van der Waals surface area contributed by atoms with Crippen LogP contribution in [0, 0.1) is 10.1 Å². The number of methoxy groups -OCH3 is 1. The molecule has 1 aliphatic rings. The van der Waals surface area contributed by atoms with Crippen LogP contribution in [0.5, 0.6) is 0 Å². The molecule has 0 spiro atoms. The Labute approximate surface area is 136 Å². The number of fused-ring (bicyclic) bond motifs is 1. The number of carbonyl (C=O) groups excluding carboxylic acids is 1. The highest BCUT2D eigenvalue weighted by molar-refractivity contribution is 5.94. The van der Waals surface area contributed by atoms with Gasteiger partial charge >= 0.3 is 5.97 Å². The lowest BCUT2D eigenvalue weighted by Crippen LogP contribution is -2.31. The fraction of sp³-hybridized carbons (Fsp3) is 0.267. The van der Waals surface area contributed by atoms with E-state index in [2.05, 4.69) is 15.6 Å². The van der Waals surface area contributed by atoms with Crippen LogP contribution in [-0.4, -0.2) is 28.3 Å². The lowest BCUT2D eigenvalue weighted by molar-refractivity contribution is -0.431. The van der Waals surface area contributed by atoms with E-state index in [-0.39, 0.29) is 11.3 Å². The predicted molar refractivity (Wildman–Crippen MR) is 82.1 cm³/mol. The standard InChI is InChI=1S/C15H14N4O5/c1-7-11(15(20)23-3)12(14(19(21)22)8(2)16-7)9-5-4-6-10-13(9)18-24-17-10/h4-6,12,16H,1-3H3/t12-/m0/s1. The van der Waals surface area contributed by atoms with E-state index in [0.717, 1.165) is 0 Å². The lowest BCUT2D eigenvalue weighted by Gasteiger charge is -2.26. The van der Waals surface area contributed by atoms with Gasteiger partial charge in [0, 0.05) is 11.3 Å². The van der Waals surface area contributed by atoms with E-state index < -0.39 is 16.8 Å². The van der Waals surface area contributed by atoms with Gasteiger partial charge in [-0.15, -0.1) is 0 Å². The van der Waals surface area contributed by atoms with Gasteiger partial charge in [0.25, 0.3) is 5.70 Å². The Kier molecular flexibility index (Phi) is 3.76. The Bertz CT molecular complexity index is 911. The van der Waals surface area contributed by atoms with Gasteiger partial charge in [0.1, 0.15) is 17.0 Å². The van der Waals surface area contributed by atoms with E-state index >= 15 is 0 Å². The predicted octanol–water partition coefficient (Wildman–Crippen LogP) is 1.86. The third-order valence-electron chi connectivity index (χ3n) is 3.96. The average Bonchev–Trinajstić information content (AvgIpc) is 3.01. The summed E-state index contributed by atoms with van der Waals surface area (Å²) >= 11 is 0. The topological polar surface area (TPSA) is 120 Å². The number of esters is 1. The van der Waals surface area contributed by atoms with Gasteiger partial charge in [-0.3, -0.25) is 10.1 Å². The number of nitro groups is 1. The van der Waals surface area contributed by atoms with Crippen LogP contribution in [0.25, 0.3) is 11.0 Å². The zero-order valence-corrected chi connectivity index (χ0v) is 13.2. The number of rotatable bonds is 3. The number of hydrogen-bond donors (Lipinski definition) is 1. The molecule has 0 fully saturated rings. The Balaban J connectivity index is 2.32. The van der Waals surface area contributed by atoms with Crippen molar-refractivity contribution in [2.75, 3.05) is 7.11 Å². The SMILES string of the molecule is COC(=O)C1=C(C)NC(C)=C([N+](=O)[O-])[C@H]1c1cccc2nonc12. The summed E-state index contributed by atoms with van der Waals surface area (Å²) in [5.41, 5.74) is 2.13. The summed E-state index contributed by atoms with van der Waals surface area (Å²) < 4.78 is 9.56. The summed E-state index contributed by atoms with van der Waals surface area (Å²) in [6, 6.07) is 5.02. The number of carbonyl (C=O) groups is 1. The molecule has 1 aliphatic heterocycles. The van der Waals surface area contributed by atoms with Crippen LogP contribution in [0.4, 0.5) is 0 Å². The van der Waals surface area contributed by atoms with Crippen molar-refractivity contribution in [3.05, 3.63) is 56.5 Å². The third kappa shape index (κ3) is 2.30. The normalized spacial score (nSPS) is 17.9. The number of ether oxygens (including phenoxy) is 1. The van der Waals surface area contributed by atoms with Crippen molar-refractivity contribution in [2.24, 2.45) is 0 Å². The molecule has 0 bridgehead atoms. The smallest absolute Gasteiger partial charge is 0.336 e. The van der Waals surface area contributed by atoms with Crippen LogP contribution >= 0.6 is 0 Å². The number of allylic oxidation sites excluding steroid dienone is 3. The molecule has 1 aromatic carbocycles. The van der Waals surface area contributed by atoms with Gasteiger partial charge in [-0.2, -0.15) is 0 Å². The van der Waals surface area contributed by atoms with Gasteiger partial charge in [0.2, 0.25) is 0 Å². The highest BCUT2D eigenvalue weighted by atomic mass is 16.6. The molecule has 3 rings (SSSR count). The molecule has 0 aliphatic carbocycles. The maximum absolute atomic E-state index is 12.3. The molecule has 9 heteroatoms. The summed E-state index contributed by atoms with van der Waals surface area (Å²) in [6.07, 6.45) is 0. The van der Waals surface area contributed by atoms with Crippen molar-refractivity contribution in [2.45, 2.75) is 19.8 Å². The second-order valence-electron chi connectivity index (χ2n) is 5.33. The van der Waals surface area contributed by atoms with Gasteiger partial charge < -0.3 is 10.1 Å². The first-order chi connectivity index (χ1) is 11.5. The minimum absolute atomic E-state index is 0.142. The molecule has 1 N–H and O–H groups in total. The number of nitrogens with zero attached hydrogens (tertiary/aromatic N) is 3. The minimum Gasteiger partial charge on any atom is -0.466 e.